The Labute approximate surface area is 129 Å². The molecular formula is C14H19NO6S. The van der Waals surface area contributed by atoms with E-state index in [4.69, 9.17) is 5.11 Å². The Morgan fingerprint density at radius 3 is 2.50 bits per heavy atom. The van der Waals surface area contributed by atoms with Gasteiger partial charge in [0.15, 0.2) is 0 Å². The first-order chi connectivity index (χ1) is 10.2. The van der Waals surface area contributed by atoms with E-state index in [2.05, 4.69) is 9.46 Å². The van der Waals surface area contributed by atoms with Gasteiger partial charge in [-0.15, -0.1) is 0 Å². The van der Waals surface area contributed by atoms with Crippen molar-refractivity contribution in [3.63, 3.8) is 0 Å². The number of hydrogen-bond donors (Lipinski definition) is 2. The van der Waals surface area contributed by atoms with Gasteiger partial charge in [-0.05, 0) is 25.5 Å². The van der Waals surface area contributed by atoms with Gasteiger partial charge in [0.1, 0.15) is 6.04 Å². The van der Waals surface area contributed by atoms with Crippen LogP contribution in [0.25, 0.3) is 0 Å². The molecular weight excluding hydrogens is 310 g/mol. The Kier molecular flexibility index (Phi) is 6.07. The van der Waals surface area contributed by atoms with Crippen LogP contribution in [0.15, 0.2) is 23.1 Å². The van der Waals surface area contributed by atoms with Gasteiger partial charge in [-0.2, -0.15) is 4.72 Å². The third-order valence-electron chi connectivity index (χ3n) is 3.00. The van der Waals surface area contributed by atoms with E-state index in [1.54, 1.807) is 13.8 Å². The smallest absolute Gasteiger partial charge is 0.339 e. The van der Waals surface area contributed by atoms with Crippen molar-refractivity contribution in [2.45, 2.75) is 37.6 Å². The molecule has 22 heavy (non-hydrogen) atoms. The quantitative estimate of drug-likeness (QED) is 0.730. The predicted molar refractivity (Wildman–Crippen MR) is 79.2 cm³/mol. The number of carboxylic acids is 1. The number of aryl methyl sites for hydroxylation is 1. The average molecular weight is 329 g/mol. The lowest BCUT2D eigenvalue weighted by molar-refractivity contribution is -0.139. The Morgan fingerprint density at radius 1 is 1.36 bits per heavy atom. The van der Waals surface area contributed by atoms with Crippen molar-refractivity contribution >= 4 is 22.0 Å². The van der Waals surface area contributed by atoms with Crippen molar-refractivity contribution in [2.24, 2.45) is 0 Å². The molecule has 0 aliphatic heterocycles. The van der Waals surface area contributed by atoms with Crippen LogP contribution in [0.4, 0.5) is 0 Å². The van der Waals surface area contributed by atoms with Crippen LogP contribution in [0.2, 0.25) is 0 Å². The minimum Gasteiger partial charge on any atom is -0.480 e. The summed E-state index contributed by atoms with van der Waals surface area (Å²) in [6.07, 6.45) is 0.644. The summed E-state index contributed by atoms with van der Waals surface area (Å²) in [5, 5.41) is 9.06. The van der Waals surface area contributed by atoms with Gasteiger partial charge in [0.25, 0.3) is 0 Å². The third-order valence-corrected chi connectivity index (χ3v) is 4.53. The van der Waals surface area contributed by atoms with Crippen molar-refractivity contribution < 1.29 is 27.9 Å². The van der Waals surface area contributed by atoms with Gasteiger partial charge in [0.05, 0.1) is 17.6 Å². The van der Waals surface area contributed by atoms with Gasteiger partial charge in [0, 0.05) is 0 Å². The molecule has 2 N–H and O–H groups in total. The number of benzene rings is 1. The molecule has 1 unspecified atom stereocenters. The number of carboxylic acid groups (broad SMARTS) is 1. The molecule has 0 aromatic heterocycles. The van der Waals surface area contributed by atoms with Crippen molar-refractivity contribution in [1.82, 2.24) is 4.72 Å². The molecule has 1 aromatic rings. The summed E-state index contributed by atoms with van der Waals surface area (Å²) in [6, 6.07) is 2.92. The number of ether oxygens (including phenoxy) is 1. The normalized spacial score (nSPS) is 12.7. The molecule has 0 aliphatic carbocycles. The Morgan fingerprint density at radius 2 is 2.00 bits per heavy atom. The maximum Gasteiger partial charge on any atom is 0.339 e. The first-order valence-electron chi connectivity index (χ1n) is 6.67. The second-order valence-electron chi connectivity index (χ2n) is 4.79. The molecule has 0 amide bonds. The Hall–Kier alpha value is -1.93. The molecule has 0 heterocycles. The molecule has 0 saturated carbocycles. The maximum absolute atomic E-state index is 12.4. The van der Waals surface area contributed by atoms with Gasteiger partial charge in [-0.25, -0.2) is 13.2 Å². The van der Waals surface area contributed by atoms with Gasteiger partial charge < -0.3 is 9.84 Å². The van der Waals surface area contributed by atoms with Gasteiger partial charge in [0.2, 0.25) is 10.0 Å². The second kappa shape index (κ2) is 7.37. The van der Waals surface area contributed by atoms with Crippen LogP contribution in [-0.2, 0) is 19.6 Å². The SMILES string of the molecule is CCCC(NS(=O)(=O)c1ccc(C)cc1C(=O)OC)C(=O)O. The fraction of sp³-hybridized carbons (Fsp3) is 0.429. The zero-order valence-corrected chi connectivity index (χ0v) is 13.4. The summed E-state index contributed by atoms with van der Waals surface area (Å²) >= 11 is 0. The molecule has 0 bridgehead atoms. The Balaban J connectivity index is 3.28. The van der Waals surface area contributed by atoms with E-state index in [1.165, 1.54) is 18.2 Å². The van der Waals surface area contributed by atoms with Crippen LogP contribution in [0.3, 0.4) is 0 Å². The summed E-state index contributed by atoms with van der Waals surface area (Å²) in [7, 11) is -3.02. The van der Waals surface area contributed by atoms with E-state index >= 15 is 0 Å². The fourth-order valence-corrected chi connectivity index (χ4v) is 3.32. The largest absolute Gasteiger partial charge is 0.480 e. The lowest BCUT2D eigenvalue weighted by atomic mass is 10.1. The number of rotatable bonds is 7. The van der Waals surface area contributed by atoms with E-state index in [0.717, 1.165) is 7.11 Å². The van der Waals surface area contributed by atoms with Crippen molar-refractivity contribution in [1.29, 1.82) is 0 Å². The highest BCUT2D eigenvalue weighted by Crippen LogP contribution is 2.19. The number of nitrogens with one attached hydrogen (secondary N) is 1. The van der Waals surface area contributed by atoms with Crippen LogP contribution in [-0.4, -0.2) is 38.6 Å². The lowest BCUT2D eigenvalue weighted by Crippen LogP contribution is -2.41. The molecule has 122 valence electrons. The lowest BCUT2D eigenvalue weighted by Gasteiger charge is -2.15. The van der Waals surface area contributed by atoms with Crippen LogP contribution in [0, 0.1) is 6.92 Å². The van der Waals surface area contributed by atoms with Crippen molar-refractivity contribution in [3.8, 4) is 0 Å². The number of hydrogen-bond acceptors (Lipinski definition) is 5. The van der Waals surface area contributed by atoms with Crippen molar-refractivity contribution in [2.75, 3.05) is 7.11 Å². The second-order valence-corrected chi connectivity index (χ2v) is 6.47. The van der Waals surface area contributed by atoms with E-state index < -0.39 is 28.0 Å². The fourth-order valence-electron chi connectivity index (χ4n) is 1.92. The van der Waals surface area contributed by atoms with Gasteiger partial charge in [-0.1, -0.05) is 25.0 Å². The molecule has 0 fully saturated rings. The minimum absolute atomic E-state index is 0.129. The first kappa shape index (κ1) is 18.1. The maximum atomic E-state index is 12.4. The molecule has 0 aliphatic rings. The monoisotopic (exact) mass is 329 g/mol. The van der Waals surface area contributed by atoms with E-state index in [9.17, 15) is 18.0 Å². The number of esters is 1. The number of carbonyl (C=O) groups is 2. The van der Waals surface area contributed by atoms with E-state index in [-0.39, 0.29) is 16.9 Å². The average Bonchev–Trinajstić information content (AvgIpc) is 2.45. The summed E-state index contributed by atoms with van der Waals surface area (Å²) < 4.78 is 31.5. The zero-order valence-electron chi connectivity index (χ0n) is 12.6. The topological polar surface area (TPSA) is 110 Å². The van der Waals surface area contributed by atoms with Gasteiger partial charge in [-0.3, -0.25) is 4.79 Å². The highest BCUT2D eigenvalue weighted by Gasteiger charge is 2.28. The highest BCUT2D eigenvalue weighted by molar-refractivity contribution is 7.89. The third kappa shape index (κ3) is 4.28. The van der Waals surface area contributed by atoms with Crippen LogP contribution < -0.4 is 4.72 Å². The summed E-state index contributed by atoms with van der Waals surface area (Å²) in [6.45, 7) is 3.45. The first-order valence-corrected chi connectivity index (χ1v) is 8.15. The molecule has 0 spiro atoms. The molecule has 7 nitrogen and oxygen atoms in total. The molecule has 1 atom stereocenters. The standard InChI is InChI=1S/C14H19NO6S/c1-4-5-11(13(16)17)15-22(19,20)12-7-6-9(2)8-10(12)14(18)21-3/h6-8,11,15H,4-5H2,1-3H3,(H,16,17). The molecule has 8 heteroatoms. The Bertz CT molecular complexity index is 668. The zero-order chi connectivity index (χ0) is 16.9. The predicted octanol–water partition coefficient (Wildman–Crippen LogP) is 1.31. The number of sulfonamides is 1. The number of carbonyl (C=O) groups excluding carboxylic acids is 1. The molecule has 0 saturated heterocycles. The number of aliphatic carboxylic acids is 1. The molecule has 1 rings (SSSR count). The number of methoxy groups -OCH3 is 1. The molecule has 1 aromatic carbocycles. The summed E-state index contributed by atoms with van der Waals surface area (Å²) in [5.74, 6) is -2.07. The van der Waals surface area contributed by atoms with Crippen molar-refractivity contribution in [3.05, 3.63) is 29.3 Å². The van der Waals surface area contributed by atoms with Crippen LogP contribution in [0.1, 0.15) is 35.7 Å². The summed E-state index contributed by atoms with van der Waals surface area (Å²) in [5.41, 5.74) is 0.554. The van der Waals surface area contributed by atoms with E-state index in [0.29, 0.717) is 12.0 Å². The molecule has 0 radical (unpaired) electrons. The summed E-state index contributed by atoms with van der Waals surface area (Å²) in [4.78, 5) is 22.6. The highest BCUT2D eigenvalue weighted by atomic mass is 32.2. The van der Waals surface area contributed by atoms with E-state index in [1.807, 2.05) is 0 Å². The van der Waals surface area contributed by atoms with Crippen LogP contribution >= 0.6 is 0 Å². The van der Waals surface area contributed by atoms with Gasteiger partial charge >= 0.3 is 11.9 Å². The van der Waals surface area contributed by atoms with Crippen LogP contribution in [0.5, 0.6) is 0 Å². The minimum atomic E-state index is -4.16.